The van der Waals surface area contributed by atoms with Crippen molar-refractivity contribution < 1.29 is 9.21 Å². The SMILES string of the molecule is CCc1nc2c(N3CCN(C(=O)Cc4ccccc4)CC3)ncnc2o1. The molecule has 1 aliphatic rings. The molecular weight excluding hydrogens is 330 g/mol. The monoisotopic (exact) mass is 351 g/mol. The van der Waals surface area contributed by atoms with Crippen LogP contribution in [0, 0.1) is 0 Å². The fraction of sp³-hybridized carbons (Fsp3) is 0.368. The summed E-state index contributed by atoms with van der Waals surface area (Å²) in [6.45, 7) is 4.79. The van der Waals surface area contributed by atoms with Crippen molar-refractivity contribution >= 4 is 23.0 Å². The topological polar surface area (TPSA) is 75.4 Å². The molecule has 0 saturated carbocycles. The largest absolute Gasteiger partial charge is 0.422 e. The number of aryl methyl sites for hydroxylation is 1. The van der Waals surface area contributed by atoms with E-state index in [9.17, 15) is 4.79 Å². The lowest BCUT2D eigenvalue weighted by Gasteiger charge is -2.35. The number of aromatic nitrogens is 3. The van der Waals surface area contributed by atoms with E-state index in [0.717, 1.165) is 30.9 Å². The van der Waals surface area contributed by atoms with Gasteiger partial charge in [-0.25, -0.2) is 9.97 Å². The van der Waals surface area contributed by atoms with Gasteiger partial charge in [-0.2, -0.15) is 4.98 Å². The lowest BCUT2D eigenvalue weighted by molar-refractivity contribution is -0.130. The number of fused-ring (bicyclic) bond motifs is 1. The van der Waals surface area contributed by atoms with Crippen molar-refractivity contribution in [3.05, 3.63) is 48.1 Å². The predicted molar refractivity (Wildman–Crippen MR) is 97.9 cm³/mol. The standard InChI is InChI=1S/C19H21N5O2/c1-2-15-22-17-18(20-13-21-19(17)26-15)24-10-8-23(9-11-24)16(25)12-14-6-4-3-5-7-14/h3-7,13H,2,8-12H2,1H3. The smallest absolute Gasteiger partial charge is 0.252 e. The maximum Gasteiger partial charge on any atom is 0.252 e. The molecule has 1 saturated heterocycles. The Hall–Kier alpha value is -2.96. The van der Waals surface area contributed by atoms with E-state index in [-0.39, 0.29) is 5.91 Å². The third kappa shape index (κ3) is 3.24. The van der Waals surface area contributed by atoms with Crippen LogP contribution >= 0.6 is 0 Å². The summed E-state index contributed by atoms with van der Waals surface area (Å²) in [6, 6.07) is 9.86. The molecular formula is C19H21N5O2. The fourth-order valence-corrected chi connectivity index (χ4v) is 3.22. The van der Waals surface area contributed by atoms with Crippen LogP contribution in [0.3, 0.4) is 0 Å². The summed E-state index contributed by atoms with van der Waals surface area (Å²) in [6.07, 6.45) is 2.68. The van der Waals surface area contributed by atoms with E-state index in [0.29, 0.717) is 36.6 Å². The van der Waals surface area contributed by atoms with Crippen LogP contribution in [0.4, 0.5) is 5.82 Å². The summed E-state index contributed by atoms with van der Waals surface area (Å²) in [5.41, 5.74) is 2.27. The number of rotatable bonds is 4. The number of hydrogen-bond donors (Lipinski definition) is 0. The lowest BCUT2D eigenvalue weighted by Crippen LogP contribution is -2.49. The van der Waals surface area contributed by atoms with Gasteiger partial charge >= 0.3 is 0 Å². The van der Waals surface area contributed by atoms with Gasteiger partial charge in [-0.15, -0.1) is 0 Å². The fourth-order valence-electron chi connectivity index (χ4n) is 3.22. The molecule has 7 heteroatoms. The molecule has 0 aliphatic carbocycles. The Labute approximate surface area is 151 Å². The van der Waals surface area contributed by atoms with E-state index in [2.05, 4.69) is 19.9 Å². The molecule has 134 valence electrons. The first-order valence-corrected chi connectivity index (χ1v) is 8.91. The molecule has 0 bridgehead atoms. The van der Waals surface area contributed by atoms with Gasteiger partial charge in [-0.1, -0.05) is 37.3 Å². The van der Waals surface area contributed by atoms with Crippen LogP contribution in [-0.4, -0.2) is 51.9 Å². The van der Waals surface area contributed by atoms with Crippen molar-refractivity contribution in [1.29, 1.82) is 0 Å². The normalized spacial score (nSPS) is 14.8. The molecule has 26 heavy (non-hydrogen) atoms. The predicted octanol–water partition coefficient (Wildman–Crippen LogP) is 2.07. The lowest BCUT2D eigenvalue weighted by atomic mass is 10.1. The number of oxazole rings is 1. The summed E-state index contributed by atoms with van der Waals surface area (Å²) < 4.78 is 5.62. The Bertz CT molecular complexity index is 901. The van der Waals surface area contributed by atoms with E-state index in [1.165, 1.54) is 6.33 Å². The molecule has 0 atom stereocenters. The Kier molecular flexibility index (Phi) is 4.51. The van der Waals surface area contributed by atoms with Gasteiger partial charge in [0.15, 0.2) is 17.2 Å². The Balaban J connectivity index is 1.44. The molecule has 3 heterocycles. The number of nitrogens with zero attached hydrogens (tertiary/aromatic N) is 5. The van der Waals surface area contributed by atoms with E-state index >= 15 is 0 Å². The average Bonchev–Trinajstić information content (AvgIpc) is 3.12. The van der Waals surface area contributed by atoms with Crippen LogP contribution in [0.25, 0.3) is 11.2 Å². The number of anilines is 1. The Morgan fingerprint density at radius 3 is 2.62 bits per heavy atom. The summed E-state index contributed by atoms with van der Waals surface area (Å²) in [5.74, 6) is 1.62. The summed E-state index contributed by atoms with van der Waals surface area (Å²) in [7, 11) is 0. The first-order valence-electron chi connectivity index (χ1n) is 8.91. The van der Waals surface area contributed by atoms with E-state index in [4.69, 9.17) is 4.42 Å². The molecule has 3 aromatic rings. The zero-order valence-corrected chi connectivity index (χ0v) is 14.8. The second-order valence-electron chi connectivity index (χ2n) is 6.34. The number of benzene rings is 1. The van der Waals surface area contributed by atoms with Gasteiger partial charge in [0.2, 0.25) is 5.91 Å². The zero-order chi connectivity index (χ0) is 17.9. The van der Waals surface area contributed by atoms with Gasteiger partial charge in [0.05, 0.1) is 6.42 Å². The number of amides is 1. The molecule has 1 fully saturated rings. The highest BCUT2D eigenvalue weighted by Gasteiger charge is 2.24. The van der Waals surface area contributed by atoms with E-state index in [1.54, 1.807) is 0 Å². The van der Waals surface area contributed by atoms with Gasteiger partial charge in [-0.05, 0) is 5.56 Å². The van der Waals surface area contributed by atoms with Gasteiger partial charge < -0.3 is 14.2 Å². The average molecular weight is 351 g/mol. The Morgan fingerprint density at radius 1 is 1.12 bits per heavy atom. The van der Waals surface area contributed by atoms with Gasteiger partial charge in [-0.3, -0.25) is 4.79 Å². The van der Waals surface area contributed by atoms with Crippen molar-refractivity contribution in [2.24, 2.45) is 0 Å². The number of carbonyl (C=O) groups is 1. The van der Waals surface area contributed by atoms with Crippen LogP contribution in [-0.2, 0) is 17.6 Å². The van der Waals surface area contributed by atoms with Crippen molar-refractivity contribution in [3.63, 3.8) is 0 Å². The maximum absolute atomic E-state index is 12.5. The summed E-state index contributed by atoms with van der Waals surface area (Å²) in [4.78, 5) is 29.7. The van der Waals surface area contributed by atoms with E-state index in [1.807, 2.05) is 42.2 Å². The highest BCUT2D eigenvalue weighted by atomic mass is 16.4. The van der Waals surface area contributed by atoms with Crippen LogP contribution < -0.4 is 4.90 Å². The minimum absolute atomic E-state index is 0.165. The van der Waals surface area contributed by atoms with Crippen molar-refractivity contribution in [2.75, 3.05) is 31.1 Å². The molecule has 1 aliphatic heterocycles. The minimum atomic E-state index is 0.165. The molecule has 0 unspecified atom stereocenters. The van der Waals surface area contributed by atoms with Crippen molar-refractivity contribution in [3.8, 4) is 0 Å². The molecule has 7 nitrogen and oxygen atoms in total. The molecule has 1 amide bonds. The molecule has 1 aromatic carbocycles. The maximum atomic E-state index is 12.5. The first-order chi connectivity index (χ1) is 12.7. The van der Waals surface area contributed by atoms with E-state index < -0.39 is 0 Å². The first kappa shape index (κ1) is 16.5. The highest BCUT2D eigenvalue weighted by molar-refractivity contribution is 5.82. The molecule has 0 radical (unpaired) electrons. The van der Waals surface area contributed by atoms with Crippen molar-refractivity contribution in [2.45, 2.75) is 19.8 Å². The van der Waals surface area contributed by atoms with Crippen LogP contribution in [0.2, 0.25) is 0 Å². The third-order valence-electron chi connectivity index (χ3n) is 4.65. The number of hydrogen-bond acceptors (Lipinski definition) is 6. The Morgan fingerprint density at radius 2 is 1.88 bits per heavy atom. The number of piperazine rings is 1. The highest BCUT2D eigenvalue weighted by Crippen LogP contribution is 2.24. The van der Waals surface area contributed by atoms with Crippen molar-refractivity contribution in [1.82, 2.24) is 19.9 Å². The zero-order valence-electron chi connectivity index (χ0n) is 14.8. The summed E-state index contributed by atoms with van der Waals surface area (Å²) in [5, 5.41) is 0. The van der Waals surface area contributed by atoms with Gasteiger partial charge in [0.25, 0.3) is 5.71 Å². The summed E-state index contributed by atoms with van der Waals surface area (Å²) >= 11 is 0. The quantitative estimate of drug-likeness (QED) is 0.716. The van der Waals surface area contributed by atoms with Crippen LogP contribution in [0.15, 0.2) is 41.1 Å². The molecule has 2 aromatic heterocycles. The van der Waals surface area contributed by atoms with Gasteiger partial charge in [0.1, 0.15) is 6.33 Å². The second kappa shape index (κ2) is 7.11. The minimum Gasteiger partial charge on any atom is -0.422 e. The van der Waals surface area contributed by atoms with Crippen LogP contribution in [0.5, 0.6) is 0 Å². The molecule has 4 rings (SSSR count). The van der Waals surface area contributed by atoms with Crippen LogP contribution in [0.1, 0.15) is 18.4 Å². The second-order valence-corrected chi connectivity index (χ2v) is 6.34. The molecule has 0 spiro atoms. The third-order valence-corrected chi connectivity index (χ3v) is 4.65. The van der Waals surface area contributed by atoms with Gasteiger partial charge in [0, 0.05) is 32.6 Å². The molecule has 0 N–H and O–H groups in total. The number of carbonyl (C=O) groups excluding carboxylic acids is 1.